The van der Waals surface area contributed by atoms with Crippen molar-refractivity contribution in [3.05, 3.63) is 41.8 Å². The molecule has 0 unspecified atom stereocenters. The van der Waals surface area contributed by atoms with E-state index in [9.17, 15) is 0 Å². The molecule has 1 N–H and O–H groups in total. The molecule has 0 aliphatic carbocycles. The van der Waals surface area contributed by atoms with Crippen molar-refractivity contribution in [1.82, 2.24) is 23.7 Å². The summed E-state index contributed by atoms with van der Waals surface area (Å²) in [6.45, 7) is 9.11. The first-order chi connectivity index (χ1) is 11.6. The Bertz CT molecular complexity index is 869. The fourth-order valence-corrected chi connectivity index (χ4v) is 3.19. The molecule has 0 fully saturated rings. The smallest absolute Gasteiger partial charge is 0.145 e. The maximum Gasteiger partial charge on any atom is 0.145 e. The molecule has 3 heterocycles. The molecule has 0 aliphatic rings. The molecule has 0 spiro atoms. The lowest BCUT2D eigenvalue weighted by atomic mass is 10.2. The number of nitrogens with one attached hydrogen (secondary N) is 1. The molecule has 3 rings (SSSR count). The molecule has 24 heavy (non-hydrogen) atoms. The first-order valence-electron chi connectivity index (χ1n) is 8.68. The van der Waals surface area contributed by atoms with Gasteiger partial charge in [0.15, 0.2) is 0 Å². The van der Waals surface area contributed by atoms with Crippen LogP contribution in [0.25, 0.3) is 11.0 Å². The zero-order valence-corrected chi connectivity index (χ0v) is 14.8. The number of hydrogen-bond acceptors (Lipinski definition) is 3. The summed E-state index contributed by atoms with van der Waals surface area (Å²) >= 11 is 0. The van der Waals surface area contributed by atoms with Gasteiger partial charge in [0.05, 0.1) is 18.0 Å². The van der Waals surface area contributed by atoms with Crippen LogP contribution in [0.2, 0.25) is 0 Å². The minimum absolute atomic E-state index is 0.571. The summed E-state index contributed by atoms with van der Waals surface area (Å²) in [6.07, 6.45) is 10.7. The number of rotatable bonds is 7. The zero-order valence-electron chi connectivity index (χ0n) is 14.8. The molecule has 3 aromatic rings. The SMILES string of the molecule is CCCCn1c(C)c(C)c2c(=N)n(CCCn3ccnc3)cnc21. The topological polar surface area (TPSA) is 64.4 Å². The molecule has 0 bridgehead atoms. The zero-order chi connectivity index (χ0) is 17.1. The second-order valence-corrected chi connectivity index (χ2v) is 6.35. The van der Waals surface area contributed by atoms with E-state index in [-0.39, 0.29) is 0 Å². The second-order valence-electron chi connectivity index (χ2n) is 6.35. The van der Waals surface area contributed by atoms with Crippen LogP contribution in [0, 0.1) is 19.3 Å². The third-order valence-corrected chi connectivity index (χ3v) is 4.76. The minimum Gasteiger partial charge on any atom is -0.337 e. The number of aromatic nitrogens is 5. The third-order valence-electron chi connectivity index (χ3n) is 4.76. The maximum atomic E-state index is 8.61. The fraction of sp³-hybridized carbons (Fsp3) is 0.500. The van der Waals surface area contributed by atoms with Gasteiger partial charge in [-0.25, -0.2) is 9.97 Å². The number of unbranched alkanes of at least 4 members (excludes halogenated alkanes) is 1. The summed E-state index contributed by atoms with van der Waals surface area (Å²) in [5, 5.41) is 9.61. The van der Waals surface area contributed by atoms with E-state index in [1.807, 2.05) is 23.4 Å². The normalized spacial score (nSPS) is 11.5. The average Bonchev–Trinajstić information content (AvgIpc) is 3.17. The van der Waals surface area contributed by atoms with Gasteiger partial charge in [-0.1, -0.05) is 13.3 Å². The van der Waals surface area contributed by atoms with Crippen LogP contribution in [0.3, 0.4) is 0 Å². The highest BCUT2D eigenvalue weighted by Gasteiger charge is 2.14. The van der Waals surface area contributed by atoms with Gasteiger partial charge >= 0.3 is 0 Å². The van der Waals surface area contributed by atoms with E-state index in [0.717, 1.165) is 49.9 Å². The Morgan fingerprint density at radius 3 is 2.62 bits per heavy atom. The summed E-state index contributed by atoms with van der Waals surface area (Å²) in [5.74, 6) is 0. The summed E-state index contributed by atoms with van der Waals surface area (Å²) in [6, 6.07) is 0. The highest BCUT2D eigenvalue weighted by molar-refractivity contribution is 5.80. The van der Waals surface area contributed by atoms with E-state index in [4.69, 9.17) is 5.41 Å². The van der Waals surface area contributed by atoms with Crippen LogP contribution >= 0.6 is 0 Å². The Hall–Kier alpha value is -2.37. The fourth-order valence-electron chi connectivity index (χ4n) is 3.19. The lowest BCUT2D eigenvalue weighted by molar-refractivity contribution is 0.542. The summed E-state index contributed by atoms with van der Waals surface area (Å²) in [5.41, 5.74) is 3.94. The summed E-state index contributed by atoms with van der Waals surface area (Å²) in [4.78, 5) is 8.74. The molecular formula is C18H26N6. The van der Waals surface area contributed by atoms with E-state index in [1.165, 1.54) is 11.3 Å². The van der Waals surface area contributed by atoms with Crippen molar-refractivity contribution in [3.8, 4) is 0 Å². The van der Waals surface area contributed by atoms with Crippen LogP contribution in [-0.4, -0.2) is 23.7 Å². The van der Waals surface area contributed by atoms with Gasteiger partial charge in [0, 0.05) is 37.7 Å². The summed E-state index contributed by atoms with van der Waals surface area (Å²) < 4.78 is 6.28. The van der Waals surface area contributed by atoms with Gasteiger partial charge < -0.3 is 13.7 Å². The van der Waals surface area contributed by atoms with Gasteiger partial charge in [-0.05, 0) is 32.3 Å². The largest absolute Gasteiger partial charge is 0.337 e. The second kappa shape index (κ2) is 7.03. The standard InChI is InChI=1S/C18H26N6/c1-4-5-10-24-15(3)14(2)16-17(19)23(13-21-18(16)24)9-6-8-22-11-7-20-12-22/h7,11-13,19H,4-6,8-10H2,1-3H3. The molecule has 6 nitrogen and oxygen atoms in total. The van der Waals surface area contributed by atoms with Crippen LogP contribution in [0.15, 0.2) is 25.0 Å². The van der Waals surface area contributed by atoms with Gasteiger partial charge in [-0.3, -0.25) is 5.41 Å². The third kappa shape index (κ3) is 3.00. The van der Waals surface area contributed by atoms with Crippen LogP contribution < -0.4 is 5.49 Å². The van der Waals surface area contributed by atoms with Gasteiger partial charge in [0.2, 0.25) is 0 Å². The lowest BCUT2D eigenvalue weighted by Crippen LogP contribution is -2.22. The molecule has 0 atom stereocenters. The van der Waals surface area contributed by atoms with E-state index in [0.29, 0.717) is 5.49 Å². The first-order valence-corrected chi connectivity index (χ1v) is 8.68. The summed E-state index contributed by atoms with van der Waals surface area (Å²) in [7, 11) is 0. The molecular weight excluding hydrogens is 300 g/mol. The van der Waals surface area contributed by atoms with E-state index >= 15 is 0 Å². The number of fused-ring (bicyclic) bond motifs is 1. The maximum absolute atomic E-state index is 8.61. The highest BCUT2D eigenvalue weighted by atomic mass is 15.1. The Balaban J connectivity index is 1.87. The van der Waals surface area contributed by atoms with Crippen molar-refractivity contribution < 1.29 is 0 Å². The Morgan fingerprint density at radius 1 is 1.08 bits per heavy atom. The van der Waals surface area contributed by atoms with Crippen molar-refractivity contribution >= 4 is 11.0 Å². The van der Waals surface area contributed by atoms with E-state index in [2.05, 4.69) is 39.9 Å². The lowest BCUT2D eigenvalue weighted by Gasteiger charge is -2.09. The van der Waals surface area contributed by atoms with E-state index in [1.54, 1.807) is 6.20 Å². The molecule has 0 amide bonds. The van der Waals surface area contributed by atoms with Crippen molar-refractivity contribution in [2.75, 3.05) is 0 Å². The average molecular weight is 326 g/mol. The van der Waals surface area contributed by atoms with Crippen LogP contribution in [0.1, 0.15) is 37.4 Å². The van der Waals surface area contributed by atoms with Crippen molar-refractivity contribution in [1.29, 1.82) is 5.41 Å². The number of nitrogens with zero attached hydrogens (tertiary/aromatic N) is 5. The number of imidazole rings is 1. The number of hydrogen-bond donors (Lipinski definition) is 1. The molecule has 6 heteroatoms. The first kappa shape index (κ1) is 16.5. The molecule has 0 saturated carbocycles. The monoisotopic (exact) mass is 326 g/mol. The molecule has 0 aromatic carbocycles. The quantitative estimate of drug-likeness (QED) is 0.725. The Kier molecular flexibility index (Phi) is 4.83. The predicted octanol–water partition coefficient (Wildman–Crippen LogP) is 3.02. The van der Waals surface area contributed by atoms with Crippen molar-refractivity contribution in [2.24, 2.45) is 0 Å². The van der Waals surface area contributed by atoms with Gasteiger partial charge in [-0.2, -0.15) is 0 Å². The van der Waals surface area contributed by atoms with Crippen LogP contribution in [-0.2, 0) is 19.6 Å². The van der Waals surface area contributed by atoms with Crippen molar-refractivity contribution in [3.63, 3.8) is 0 Å². The van der Waals surface area contributed by atoms with E-state index < -0.39 is 0 Å². The predicted molar refractivity (Wildman–Crippen MR) is 94.8 cm³/mol. The van der Waals surface area contributed by atoms with Gasteiger partial charge in [0.25, 0.3) is 0 Å². The van der Waals surface area contributed by atoms with Crippen LogP contribution in [0.5, 0.6) is 0 Å². The van der Waals surface area contributed by atoms with Crippen LogP contribution in [0.4, 0.5) is 0 Å². The molecule has 0 aliphatic heterocycles. The van der Waals surface area contributed by atoms with Gasteiger partial charge in [-0.15, -0.1) is 0 Å². The van der Waals surface area contributed by atoms with Gasteiger partial charge in [0.1, 0.15) is 11.1 Å². The molecule has 3 aromatic heterocycles. The molecule has 128 valence electrons. The molecule has 0 saturated heterocycles. The highest BCUT2D eigenvalue weighted by Crippen LogP contribution is 2.21. The van der Waals surface area contributed by atoms with Crippen molar-refractivity contribution in [2.45, 2.75) is 59.7 Å². The Labute approximate surface area is 142 Å². The minimum atomic E-state index is 0.571. The molecule has 0 radical (unpaired) electrons. The number of aryl methyl sites for hydroxylation is 4. The Morgan fingerprint density at radius 2 is 1.92 bits per heavy atom.